The van der Waals surface area contributed by atoms with Crippen LogP contribution in [0.2, 0.25) is 5.15 Å². The van der Waals surface area contributed by atoms with Gasteiger partial charge in [0.15, 0.2) is 0 Å². The predicted molar refractivity (Wildman–Crippen MR) is 97.9 cm³/mol. The summed E-state index contributed by atoms with van der Waals surface area (Å²) < 4.78 is 5.47. The van der Waals surface area contributed by atoms with Crippen LogP contribution >= 0.6 is 11.6 Å². The van der Waals surface area contributed by atoms with Gasteiger partial charge in [0.1, 0.15) is 5.15 Å². The van der Waals surface area contributed by atoms with Crippen LogP contribution in [0, 0.1) is 6.92 Å². The predicted octanol–water partition coefficient (Wildman–Crippen LogP) is 2.85. The highest BCUT2D eigenvalue weighted by atomic mass is 35.5. The first-order valence-corrected chi connectivity index (χ1v) is 8.79. The number of ether oxygens (including phenoxy) is 1. The number of aromatic nitrogens is 1. The van der Waals surface area contributed by atoms with Crippen LogP contribution in [0.5, 0.6) is 0 Å². The normalized spacial score (nSPS) is 16.4. The smallest absolute Gasteiger partial charge is 0.252 e. The molecule has 2 heterocycles. The molecule has 25 heavy (non-hydrogen) atoms. The molecule has 1 aliphatic rings. The lowest BCUT2D eigenvalue weighted by molar-refractivity contribution is 0.0162. The van der Waals surface area contributed by atoms with Gasteiger partial charge in [-0.25, -0.2) is 4.98 Å². The summed E-state index contributed by atoms with van der Waals surface area (Å²) in [5, 5.41) is 3.41. The summed E-state index contributed by atoms with van der Waals surface area (Å²) in [6, 6.07) is 11.9. The second kappa shape index (κ2) is 8.43. The second-order valence-electron chi connectivity index (χ2n) is 6.16. The van der Waals surface area contributed by atoms with Crippen molar-refractivity contribution in [3.63, 3.8) is 0 Å². The Labute approximate surface area is 153 Å². The Bertz CT molecular complexity index is 715. The fourth-order valence-corrected chi connectivity index (χ4v) is 3.14. The highest BCUT2D eigenvalue weighted by Crippen LogP contribution is 2.22. The molecule has 0 spiro atoms. The van der Waals surface area contributed by atoms with Gasteiger partial charge in [-0.2, -0.15) is 0 Å². The lowest BCUT2D eigenvalue weighted by Crippen LogP contribution is -2.43. The lowest BCUT2D eigenvalue weighted by atomic mass is 10.0. The summed E-state index contributed by atoms with van der Waals surface area (Å²) in [5.74, 6) is -0.143. The average Bonchev–Trinajstić information content (AvgIpc) is 2.63. The standard InChI is InChI=1S/C19H22ClN3O2/c1-14-3-2-4-15(11-14)17(23-7-9-25-10-8-23)13-22-19(24)16-5-6-18(20)21-12-16/h2-6,11-12,17H,7-10,13H2,1H3,(H,22,24). The molecule has 0 aliphatic carbocycles. The first-order valence-electron chi connectivity index (χ1n) is 8.41. The Morgan fingerprint density at radius 3 is 2.80 bits per heavy atom. The molecule has 5 nitrogen and oxygen atoms in total. The molecule has 6 heteroatoms. The van der Waals surface area contributed by atoms with Gasteiger partial charge >= 0.3 is 0 Å². The molecule has 1 saturated heterocycles. The number of carbonyl (C=O) groups excluding carboxylic acids is 1. The van der Waals surface area contributed by atoms with Gasteiger partial charge in [0, 0.05) is 25.8 Å². The van der Waals surface area contributed by atoms with Gasteiger partial charge in [-0.05, 0) is 24.6 Å². The Kier molecular flexibility index (Phi) is 6.02. The molecule has 132 valence electrons. The minimum atomic E-state index is -0.143. The van der Waals surface area contributed by atoms with Crippen molar-refractivity contribution in [1.29, 1.82) is 0 Å². The van der Waals surface area contributed by atoms with Crippen molar-refractivity contribution in [2.45, 2.75) is 13.0 Å². The number of halogens is 1. The van der Waals surface area contributed by atoms with Crippen molar-refractivity contribution < 1.29 is 9.53 Å². The van der Waals surface area contributed by atoms with Crippen LogP contribution in [0.3, 0.4) is 0 Å². The molecule has 1 aromatic heterocycles. The monoisotopic (exact) mass is 359 g/mol. The number of benzene rings is 1. The first kappa shape index (κ1) is 17.9. The van der Waals surface area contributed by atoms with Crippen molar-refractivity contribution in [3.05, 3.63) is 64.4 Å². The summed E-state index contributed by atoms with van der Waals surface area (Å²) in [7, 11) is 0. The van der Waals surface area contributed by atoms with Gasteiger partial charge in [0.25, 0.3) is 5.91 Å². The minimum absolute atomic E-state index is 0.119. The van der Waals surface area contributed by atoms with E-state index in [2.05, 4.69) is 46.4 Å². The van der Waals surface area contributed by atoms with Crippen molar-refractivity contribution in [3.8, 4) is 0 Å². The largest absolute Gasteiger partial charge is 0.379 e. The number of pyridine rings is 1. The maximum Gasteiger partial charge on any atom is 0.252 e. The van der Waals surface area contributed by atoms with E-state index in [1.54, 1.807) is 12.1 Å². The van der Waals surface area contributed by atoms with Crippen LogP contribution in [-0.2, 0) is 4.74 Å². The van der Waals surface area contributed by atoms with E-state index in [4.69, 9.17) is 16.3 Å². The number of aryl methyl sites for hydroxylation is 1. The molecule has 2 aromatic rings. The van der Waals surface area contributed by atoms with Gasteiger partial charge in [0.05, 0.1) is 24.8 Å². The van der Waals surface area contributed by atoms with Gasteiger partial charge in [-0.15, -0.1) is 0 Å². The summed E-state index contributed by atoms with van der Waals surface area (Å²) >= 11 is 5.78. The molecule has 1 fully saturated rings. The average molecular weight is 360 g/mol. The van der Waals surface area contributed by atoms with E-state index in [0.29, 0.717) is 17.3 Å². The summed E-state index contributed by atoms with van der Waals surface area (Å²) in [6.45, 7) is 5.77. The van der Waals surface area contributed by atoms with E-state index in [9.17, 15) is 4.79 Å². The molecular formula is C19H22ClN3O2. The molecule has 0 saturated carbocycles. The molecule has 3 rings (SSSR count). The van der Waals surface area contributed by atoms with Crippen molar-refractivity contribution in [2.75, 3.05) is 32.8 Å². The van der Waals surface area contributed by atoms with E-state index >= 15 is 0 Å². The number of hydrogen-bond donors (Lipinski definition) is 1. The Morgan fingerprint density at radius 2 is 2.12 bits per heavy atom. The van der Waals surface area contributed by atoms with Gasteiger partial charge in [-0.1, -0.05) is 41.4 Å². The molecule has 0 bridgehead atoms. The highest BCUT2D eigenvalue weighted by molar-refractivity contribution is 6.29. The third-order valence-electron chi connectivity index (χ3n) is 4.36. The third-order valence-corrected chi connectivity index (χ3v) is 4.58. The number of rotatable bonds is 5. The summed E-state index contributed by atoms with van der Waals surface area (Å²) in [4.78, 5) is 18.7. The Morgan fingerprint density at radius 1 is 1.32 bits per heavy atom. The molecule has 1 unspecified atom stereocenters. The molecule has 1 aliphatic heterocycles. The summed E-state index contributed by atoms with van der Waals surface area (Å²) in [5.41, 5.74) is 2.93. The Balaban J connectivity index is 1.73. The minimum Gasteiger partial charge on any atom is -0.379 e. The Hall–Kier alpha value is -1.95. The first-order chi connectivity index (χ1) is 12.1. The molecular weight excluding hydrogens is 338 g/mol. The zero-order chi connectivity index (χ0) is 17.6. The second-order valence-corrected chi connectivity index (χ2v) is 6.55. The lowest BCUT2D eigenvalue weighted by Gasteiger charge is -2.35. The van der Waals surface area contributed by atoms with Gasteiger partial charge < -0.3 is 10.1 Å². The number of hydrogen-bond acceptors (Lipinski definition) is 4. The van der Waals surface area contributed by atoms with Crippen LogP contribution in [0.25, 0.3) is 0 Å². The van der Waals surface area contributed by atoms with Crippen LogP contribution in [0.15, 0.2) is 42.6 Å². The van der Waals surface area contributed by atoms with E-state index < -0.39 is 0 Å². The molecule has 1 amide bonds. The van der Waals surface area contributed by atoms with Crippen LogP contribution < -0.4 is 5.32 Å². The molecule has 1 aromatic carbocycles. The highest BCUT2D eigenvalue weighted by Gasteiger charge is 2.23. The number of amides is 1. The molecule has 0 radical (unpaired) electrons. The maximum atomic E-state index is 12.4. The molecule has 1 N–H and O–H groups in total. The van der Waals surface area contributed by atoms with E-state index in [1.165, 1.54) is 17.3 Å². The number of carbonyl (C=O) groups is 1. The van der Waals surface area contributed by atoms with Gasteiger partial charge in [-0.3, -0.25) is 9.69 Å². The van der Waals surface area contributed by atoms with E-state index in [1.807, 2.05) is 0 Å². The van der Waals surface area contributed by atoms with E-state index in [0.717, 1.165) is 26.3 Å². The van der Waals surface area contributed by atoms with Crippen molar-refractivity contribution in [1.82, 2.24) is 15.2 Å². The fourth-order valence-electron chi connectivity index (χ4n) is 3.03. The topological polar surface area (TPSA) is 54.5 Å². The fraction of sp³-hybridized carbons (Fsp3) is 0.368. The van der Waals surface area contributed by atoms with Crippen molar-refractivity contribution in [2.24, 2.45) is 0 Å². The quantitative estimate of drug-likeness (QED) is 0.834. The zero-order valence-electron chi connectivity index (χ0n) is 14.2. The number of nitrogens with one attached hydrogen (secondary N) is 1. The third kappa shape index (κ3) is 4.78. The number of nitrogens with zero attached hydrogens (tertiary/aromatic N) is 2. The SMILES string of the molecule is Cc1cccc(C(CNC(=O)c2ccc(Cl)nc2)N2CCOCC2)c1. The van der Waals surface area contributed by atoms with Crippen molar-refractivity contribution >= 4 is 17.5 Å². The maximum absolute atomic E-state index is 12.4. The number of morpholine rings is 1. The molecule has 1 atom stereocenters. The van der Waals surface area contributed by atoms with Crippen LogP contribution in [0.1, 0.15) is 27.5 Å². The zero-order valence-corrected chi connectivity index (χ0v) is 15.0. The van der Waals surface area contributed by atoms with E-state index in [-0.39, 0.29) is 11.9 Å². The van der Waals surface area contributed by atoms with Gasteiger partial charge in [0.2, 0.25) is 0 Å². The van der Waals surface area contributed by atoms with Crippen LogP contribution in [-0.4, -0.2) is 48.6 Å². The van der Waals surface area contributed by atoms with Crippen LogP contribution in [0.4, 0.5) is 0 Å². The summed E-state index contributed by atoms with van der Waals surface area (Å²) in [6.07, 6.45) is 1.49.